The van der Waals surface area contributed by atoms with Crippen molar-refractivity contribution in [1.82, 2.24) is 5.32 Å². The molecule has 0 aliphatic carbocycles. The third-order valence-electron chi connectivity index (χ3n) is 4.22. The first-order valence-corrected chi connectivity index (χ1v) is 9.64. The summed E-state index contributed by atoms with van der Waals surface area (Å²) in [6.07, 6.45) is 2.62. The van der Waals surface area contributed by atoms with E-state index < -0.39 is 6.04 Å². The van der Waals surface area contributed by atoms with Gasteiger partial charge in [0.15, 0.2) is 0 Å². The van der Waals surface area contributed by atoms with E-state index in [0.29, 0.717) is 19.4 Å². The fourth-order valence-corrected chi connectivity index (χ4v) is 3.76. The molecule has 6 heteroatoms. The zero-order valence-corrected chi connectivity index (χ0v) is 15.1. The van der Waals surface area contributed by atoms with Crippen molar-refractivity contribution in [2.24, 2.45) is 0 Å². The Balaban J connectivity index is 1.53. The van der Waals surface area contributed by atoms with Crippen LogP contribution >= 0.6 is 11.8 Å². The van der Waals surface area contributed by atoms with Gasteiger partial charge in [-0.05, 0) is 23.8 Å². The smallest absolute Gasteiger partial charge is 0.243 e. The molecule has 0 spiro atoms. The predicted octanol–water partition coefficient (Wildman–Crippen LogP) is 3.00. The molecule has 0 unspecified atom stereocenters. The van der Waals surface area contributed by atoms with Gasteiger partial charge in [0.1, 0.15) is 11.8 Å². The Labute approximate surface area is 151 Å². The number of carbonyl (C=O) groups excluding carboxylic acids is 2. The van der Waals surface area contributed by atoms with Crippen LogP contribution in [-0.4, -0.2) is 30.2 Å². The molecule has 0 fully saturated rings. The van der Waals surface area contributed by atoms with Crippen LogP contribution in [0.3, 0.4) is 0 Å². The number of anilines is 1. The number of amides is 2. The van der Waals surface area contributed by atoms with Crippen LogP contribution in [0.25, 0.3) is 0 Å². The van der Waals surface area contributed by atoms with Gasteiger partial charge >= 0.3 is 0 Å². The maximum absolute atomic E-state index is 12.6. The number of thioether (sulfide) groups is 1. The van der Waals surface area contributed by atoms with Crippen LogP contribution in [0.2, 0.25) is 0 Å². The molecule has 0 saturated heterocycles. The fourth-order valence-electron chi connectivity index (χ4n) is 3.01. The molecule has 2 aromatic rings. The Morgan fingerprint density at radius 1 is 1.28 bits per heavy atom. The summed E-state index contributed by atoms with van der Waals surface area (Å²) in [4.78, 5) is 26.6. The number of hydrogen-bond donors (Lipinski definition) is 1. The average Bonchev–Trinajstić information content (AvgIpc) is 3.28. The van der Waals surface area contributed by atoms with Crippen LogP contribution in [0.5, 0.6) is 0 Å². The summed E-state index contributed by atoms with van der Waals surface area (Å²) >= 11 is 1.71. The molecule has 0 radical (unpaired) electrons. The zero-order valence-electron chi connectivity index (χ0n) is 14.2. The number of rotatable bonds is 7. The first kappa shape index (κ1) is 17.6. The van der Waals surface area contributed by atoms with E-state index in [1.165, 1.54) is 0 Å². The van der Waals surface area contributed by atoms with E-state index in [4.69, 9.17) is 4.42 Å². The predicted molar refractivity (Wildman–Crippen MR) is 99.6 cm³/mol. The lowest BCUT2D eigenvalue weighted by Gasteiger charge is -2.24. The van der Waals surface area contributed by atoms with Gasteiger partial charge in [0.05, 0.1) is 12.0 Å². The Kier molecular flexibility index (Phi) is 5.81. The van der Waals surface area contributed by atoms with E-state index in [1.54, 1.807) is 22.9 Å². The third-order valence-corrected chi connectivity index (χ3v) is 5.20. The fraction of sp³-hybridized carbons (Fsp3) is 0.368. The molecule has 0 bridgehead atoms. The number of benzene rings is 1. The molecule has 1 aromatic carbocycles. The number of hydrogen-bond acceptors (Lipinski definition) is 4. The van der Waals surface area contributed by atoms with Gasteiger partial charge in [0.25, 0.3) is 0 Å². The van der Waals surface area contributed by atoms with Crippen molar-refractivity contribution in [3.05, 3.63) is 54.0 Å². The summed E-state index contributed by atoms with van der Waals surface area (Å²) in [5.41, 5.74) is 1.92. The average molecular weight is 358 g/mol. The van der Waals surface area contributed by atoms with Crippen LogP contribution in [0.1, 0.15) is 24.7 Å². The van der Waals surface area contributed by atoms with Gasteiger partial charge < -0.3 is 9.73 Å². The highest BCUT2D eigenvalue weighted by molar-refractivity contribution is 7.98. The third kappa shape index (κ3) is 4.07. The van der Waals surface area contributed by atoms with Gasteiger partial charge in [-0.1, -0.05) is 25.1 Å². The Hall–Kier alpha value is -2.21. The summed E-state index contributed by atoms with van der Waals surface area (Å²) in [5.74, 6) is 2.42. The van der Waals surface area contributed by atoms with Crippen molar-refractivity contribution in [2.75, 3.05) is 17.2 Å². The number of furan rings is 1. The molecule has 0 saturated carbocycles. The van der Waals surface area contributed by atoms with Crippen molar-refractivity contribution in [3.63, 3.8) is 0 Å². The van der Waals surface area contributed by atoms with Gasteiger partial charge in [-0.3, -0.25) is 14.5 Å². The lowest BCUT2D eigenvalue weighted by molar-refractivity contribution is -0.126. The van der Waals surface area contributed by atoms with Gasteiger partial charge in [0, 0.05) is 30.8 Å². The summed E-state index contributed by atoms with van der Waals surface area (Å²) in [7, 11) is 0. The van der Waals surface area contributed by atoms with Crippen LogP contribution < -0.4 is 10.2 Å². The van der Waals surface area contributed by atoms with Gasteiger partial charge in [-0.25, -0.2) is 0 Å². The first-order valence-electron chi connectivity index (χ1n) is 8.48. The van der Waals surface area contributed by atoms with Gasteiger partial charge in [0.2, 0.25) is 11.8 Å². The zero-order chi connectivity index (χ0) is 17.6. The van der Waals surface area contributed by atoms with Crippen LogP contribution in [-0.2, 0) is 21.8 Å². The highest BCUT2D eigenvalue weighted by Gasteiger charge is 2.37. The van der Waals surface area contributed by atoms with Crippen molar-refractivity contribution < 1.29 is 14.0 Å². The molecule has 1 aromatic heterocycles. The van der Waals surface area contributed by atoms with Gasteiger partial charge in [-0.2, -0.15) is 11.8 Å². The number of nitrogens with one attached hydrogen (secondary N) is 1. The van der Waals surface area contributed by atoms with E-state index in [0.717, 1.165) is 28.5 Å². The van der Waals surface area contributed by atoms with Crippen molar-refractivity contribution >= 4 is 29.3 Å². The van der Waals surface area contributed by atoms with Crippen LogP contribution in [0.4, 0.5) is 5.69 Å². The van der Waals surface area contributed by atoms with Crippen molar-refractivity contribution in [2.45, 2.75) is 31.6 Å². The second kappa shape index (κ2) is 8.25. The highest BCUT2D eigenvalue weighted by Crippen LogP contribution is 2.32. The normalized spacial score (nSPS) is 15.9. The molecule has 2 amide bonds. The first-order chi connectivity index (χ1) is 12.2. The number of para-hydroxylation sites is 1. The lowest BCUT2D eigenvalue weighted by Crippen LogP contribution is -2.48. The Morgan fingerprint density at radius 2 is 2.12 bits per heavy atom. The maximum Gasteiger partial charge on any atom is 0.243 e. The largest absolute Gasteiger partial charge is 0.468 e. The van der Waals surface area contributed by atoms with Crippen LogP contribution in [0, 0.1) is 0 Å². The maximum atomic E-state index is 12.6. The molecule has 2 heterocycles. The molecule has 25 heavy (non-hydrogen) atoms. The molecule has 132 valence electrons. The molecule has 3 rings (SSSR count). The second-order valence-electron chi connectivity index (χ2n) is 5.89. The molecule has 1 aliphatic heterocycles. The minimum atomic E-state index is -0.445. The van der Waals surface area contributed by atoms with Gasteiger partial charge in [-0.15, -0.1) is 0 Å². The topological polar surface area (TPSA) is 62.6 Å². The monoisotopic (exact) mass is 358 g/mol. The Morgan fingerprint density at radius 3 is 2.88 bits per heavy atom. The van der Waals surface area contributed by atoms with E-state index >= 15 is 0 Å². The highest BCUT2D eigenvalue weighted by atomic mass is 32.2. The minimum Gasteiger partial charge on any atom is -0.468 e. The number of nitrogens with zero attached hydrogens (tertiary/aromatic N) is 1. The SMILES string of the molecule is CCC(=O)N1c2ccccc2C[C@@H]1C(=O)NCCSCc1ccco1. The van der Waals surface area contributed by atoms with E-state index in [-0.39, 0.29) is 11.8 Å². The quantitative estimate of drug-likeness (QED) is 0.773. The minimum absolute atomic E-state index is 0.0164. The van der Waals surface area contributed by atoms with E-state index in [9.17, 15) is 9.59 Å². The second-order valence-corrected chi connectivity index (χ2v) is 6.99. The molecular formula is C19H22N2O3S. The lowest BCUT2D eigenvalue weighted by atomic mass is 10.1. The summed E-state index contributed by atoms with van der Waals surface area (Å²) in [6, 6.07) is 11.1. The van der Waals surface area contributed by atoms with Crippen LogP contribution in [0.15, 0.2) is 47.1 Å². The van der Waals surface area contributed by atoms with Crippen molar-refractivity contribution in [1.29, 1.82) is 0 Å². The standard InChI is InChI=1S/C19H22N2O3S/c1-2-18(22)21-16-8-4-3-6-14(16)12-17(21)19(23)20-9-11-25-13-15-7-5-10-24-15/h3-8,10,17H,2,9,11-13H2,1H3,(H,20,23)/t17-/m1/s1. The molecule has 1 aliphatic rings. The summed E-state index contributed by atoms with van der Waals surface area (Å²) < 4.78 is 5.28. The van der Waals surface area contributed by atoms with E-state index in [1.807, 2.05) is 43.3 Å². The molecular weight excluding hydrogens is 336 g/mol. The number of fused-ring (bicyclic) bond motifs is 1. The summed E-state index contributed by atoms with van der Waals surface area (Å²) in [5, 5.41) is 2.96. The van der Waals surface area contributed by atoms with Crippen molar-refractivity contribution in [3.8, 4) is 0 Å². The summed E-state index contributed by atoms with van der Waals surface area (Å²) in [6.45, 7) is 2.40. The molecule has 5 nitrogen and oxygen atoms in total. The molecule has 1 N–H and O–H groups in total. The Bertz CT molecular complexity index is 730. The number of carbonyl (C=O) groups is 2. The van der Waals surface area contributed by atoms with E-state index in [2.05, 4.69) is 5.32 Å². The molecule has 1 atom stereocenters.